The summed E-state index contributed by atoms with van der Waals surface area (Å²) in [5.74, 6) is 1.74. The minimum Gasteiger partial charge on any atom is -0.358 e. The van der Waals surface area contributed by atoms with Crippen LogP contribution < -0.4 is 5.32 Å². The lowest BCUT2D eigenvalue weighted by molar-refractivity contribution is 0.693. The van der Waals surface area contributed by atoms with Gasteiger partial charge in [0.15, 0.2) is 0 Å². The fourth-order valence-electron chi connectivity index (χ4n) is 1.26. The molecule has 1 N–H and O–H groups in total. The third-order valence-electron chi connectivity index (χ3n) is 2.21. The molecule has 0 aliphatic heterocycles. The van der Waals surface area contributed by atoms with E-state index < -0.39 is 0 Å². The second kappa shape index (κ2) is 3.01. The van der Waals surface area contributed by atoms with Crippen molar-refractivity contribution in [3.8, 4) is 0 Å². The van der Waals surface area contributed by atoms with Gasteiger partial charge in [-0.15, -0.1) is 0 Å². The molecule has 0 saturated heterocycles. The van der Waals surface area contributed by atoms with Crippen molar-refractivity contribution >= 4 is 16.7 Å². The van der Waals surface area contributed by atoms with Crippen LogP contribution in [-0.4, -0.2) is 15.4 Å². The third-order valence-corrected chi connectivity index (χ3v) is 2.95. The third kappa shape index (κ3) is 1.75. The summed E-state index contributed by atoms with van der Waals surface area (Å²) in [4.78, 5) is 4.26. The first kappa shape index (κ1) is 7.98. The standard InChI is InChI=1S/C8H13N3S/c1-5(7-3-4-7)9-8-10-6(2)11-12-8/h5,7H,3-4H2,1-2H3,(H,9,10,11). The van der Waals surface area contributed by atoms with Crippen LogP contribution in [0.25, 0.3) is 0 Å². The van der Waals surface area contributed by atoms with Crippen LogP contribution in [0.3, 0.4) is 0 Å². The van der Waals surface area contributed by atoms with Crippen molar-refractivity contribution in [2.24, 2.45) is 5.92 Å². The molecule has 66 valence electrons. The van der Waals surface area contributed by atoms with Crippen molar-refractivity contribution in [1.82, 2.24) is 9.36 Å². The molecule has 0 spiro atoms. The molecule has 12 heavy (non-hydrogen) atoms. The highest BCUT2D eigenvalue weighted by molar-refractivity contribution is 7.09. The van der Waals surface area contributed by atoms with E-state index in [-0.39, 0.29) is 0 Å². The fourth-order valence-corrected chi connectivity index (χ4v) is 1.94. The van der Waals surface area contributed by atoms with Gasteiger partial charge in [-0.1, -0.05) is 0 Å². The van der Waals surface area contributed by atoms with Gasteiger partial charge in [-0.2, -0.15) is 4.37 Å². The minimum absolute atomic E-state index is 0.567. The number of rotatable bonds is 3. The summed E-state index contributed by atoms with van der Waals surface area (Å²) in [6.45, 7) is 4.14. The van der Waals surface area contributed by atoms with Gasteiger partial charge >= 0.3 is 0 Å². The van der Waals surface area contributed by atoms with Crippen molar-refractivity contribution < 1.29 is 0 Å². The topological polar surface area (TPSA) is 37.8 Å². The van der Waals surface area contributed by atoms with Gasteiger partial charge in [0.1, 0.15) is 5.82 Å². The van der Waals surface area contributed by atoms with Crippen LogP contribution in [0.4, 0.5) is 5.13 Å². The maximum atomic E-state index is 4.26. The zero-order valence-electron chi connectivity index (χ0n) is 7.37. The Kier molecular flexibility index (Phi) is 2.00. The Hall–Kier alpha value is -0.640. The van der Waals surface area contributed by atoms with Gasteiger partial charge in [0.2, 0.25) is 5.13 Å². The average Bonchev–Trinajstić information content (AvgIpc) is 2.78. The van der Waals surface area contributed by atoms with E-state index in [9.17, 15) is 0 Å². The van der Waals surface area contributed by atoms with Crippen LogP contribution in [0, 0.1) is 12.8 Å². The molecule has 1 saturated carbocycles. The van der Waals surface area contributed by atoms with Crippen molar-refractivity contribution in [3.05, 3.63) is 5.82 Å². The van der Waals surface area contributed by atoms with E-state index in [1.54, 1.807) is 0 Å². The summed E-state index contributed by atoms with van der Waals surface area (Å²) >= 11 is 1.45. The van der Waals surface area contributed by atoms with E-state index in [0.717, 1.165) is 16.9 Å². The van der Waals surface area contributed by atoms with Crippen molar-refractivity contribution in [1.29, 1.82) is 0 Å². The molecule has 1 aromatic rings. The van der Waals surface area contributed by atoms with Gasteiger partial charge in [0.25, 0.3) is 0 Å². The summed E-state index contributed by atoms with van der Waals surface area (Å²) in [6.07, 6.45) is 2.73. The summed E-state index contributed by atoms with van der Waals surface area (Å²) in [6, 6.07) is 0.567. The Morgan fingerprint density at radius 3 is 2.83 bits per heavy atom. The van der Waals surface area contributed by atoms with Gasteiger partial charge in [-0.3, -0.25) is 0 Å². The molecule has 2 rings (SSSR count). The summed E-state index contributed by atoms with van der Waals surface area (Å²) in [5, 5.41) is 4.33. The fraction of sp³-hybridized carbons (Fsp3) is 0.750. The second-order valence-electron chi connectivity index (χ2n) is 3.42. The van der Waals surface area contributed by atoms with Gasteiger partial charge in [-0.05, 0) is 32.6 Å². The minimum atomic E-state index is 0.567. The zero-order chi connectivity index (χ0) is 8.55. The van der Waals surface area contributed by atoms with E-state index in [1.165, 1.54) is 24.4 Å². The quantitative estimate of drug-likeness (QED) is 0.779. The first-order chi connectivity index (χ1) is 5.75. The summed E-state index contributed by atoms with van der Waals surface area (Å²) in [7, 11) is 0. The van der Waals surface area contributed by atoms with Gasteiger partial charge in [-0.25, -0.2) is 4.98 Å². The normalized spacial score (nSPS) is 19.2. The number of nitrogens with zero attached hydrogens (tertiary/aromatic N) is 2. The van der Waals surface area contributed by atoms with Crippen LogP contribution in [0.1, 0.15) is 25.6 Å². The lowest BCUT2D eigenvalue weighted by Gasteiger charge is -2.09. The first-order valence-corrected chi connectivity index (χ1v) is 5.10. The van der Waals surface area contributed by atoms with Crippen LogP contribution >= 0.6 is 11.5 Å². The van der Waals surface area contributed by atoms with E-state index >= 15 is 0 Å². The monoisotopic (exact) mass is 183 g/mol. The maximum absolute atomic E-state index is 4.26. The number of anilines is 1. The van der Waals surface area contributed by atoms with Gasteiger partial charge in [0, 0.05) is 17.6 Å². The number of aromatic nitrogens is 2. The van der Waals surface area contributed by atoms with Crippen LogP contribution in [0.2, 0.25) is 0 Å². The van der Waals surface area contributed by atoms with Crippen molar-refractivity contribution in [3.63, 3.8) is 0 Å². The molecule has 1 unspecified atom stereocenters. The Morgan fingerprint density at radius 2 is 2.33 bits per heavy atom. The second-order valence-corrected chi connectivity index (χ2v) is 4.17. The highest BCUT2D eigenvalue weighted by atomic mass is 32.1. The molecule has 0 amide bonds. The average molecular weight is 183 g/mol. The Balaban J connectivity index is 1.93. The Morgan fingerprint density at radius 1 is 1.58 bits per heavy atom. The molecule has 0 radical (unpaired) electrons. The number of nitrogens with one attached hydrogen (secondary N) is 1. The Bertz CT molecular complexity index is 267. The Labute approximate surface area is 76.4 Å². The number of hydrogen-bond acceptors (Lipinski definition) is 4. The predicted molar refractivity (Wildman–Crippen MR) is 50.5 cm³/mol. The maximum Gasteiger partial charge on any atom is 0.202 e. The molecule has 1 aliphatic carbocycles. The van der Waals surface area contributed by atoms with Crippen LogP contribution in [-0.2, 0) is 0 Å². The highest BCUT2D eigenvalue weighted by Gasteiger charge is 2.28. The molecule has 1 atom stereocenters. The molecule has 4 heteroatoms. The molecular formula is C8H13N3S. The molecule has 1 aromatic heterocycles. The van der Waals surface area contributed by atoms with Crippen molar-refractivity contribution in [2.45, 2.75) is 32.7 Å². The smallest absolute Gasteiger partial charge is 0.202 e. The van der Waals surface area contributed by atoms with E-state index in [1.807, 2.05) is 6.92 Å². The van der Waals surface area contributed by atoms with E-state index in [2.05, 4.69) is 21.6 Å². The van der Waals surface area contributed by atoms with Crippen molar-refractivity contribution in [2.75, 3.05) is 5.32 Å². The van der Waals surface area contributed by atoms with Crippen LogP contribution in [0.15, 0.2) is 0 Å². The molecule has 0 aromatic carbocycles. The number of hydrogen-bond donors (Lipinski definition) is 1. The van der Waals surface area contributed by atoms with E-state index in [0.29, 0.717) is 6.04 Å². The van der Waals surface area contributed by atoms with E-state index in [4.69, 9.17) is 0 Å². The SMILES string of the molecule is Cc1nsc(NC(C)C2CC2)n1. The highest BCUT2D eigenvalue weighted by Crippen LogP contribution is 2.34. The molecule has 1 aliphatic rings. The number of aryl methyl sites for hydroxylation is 1. The van der Waals surface area contributed by atoms with Gasteiger partial charge < -0.3 is 5.32 Å². The molecule has 1 heterocycles. The lowest BCUT2D eigenvalue weighted by atomic mass is 10.2. The molecule has 0 bridgehead atoms. The largest absolute Gasteiger partial charge is 0.358 e. The first-order valence-electron chi connectivity index (χ1n) is 4.32. The molecule has 3 nitrogen and oxygen atoms in total. The molecule has 1 fully saturated rings. The summed E-state index contributed by atoms with van der Waals surface area (Å²) in [5.41, 5.74) is 0. The molecular weight excluding hydrogens is 170 g/mol. The summed E-state index contributed by atoms with van der Waals surface area (Å²) < 4.78 is 4.12. The zero-order valence-corrected chi connectivity index (χ0v) is 8.19. The van der Waals surface area contributed by atoms with Gasteiger partial charge in [0.05, 0.1) is 0 Å². The van der Waals surface area contributed by atoms with Crippen LogP contribution in [0.5, 0.6) is 0 Å². The predicted octanol–water partition coefficient (Wildman–Crippen LogP) is 2.06. The lowest BCUT2D eigenvalue weighted by Crippen LogP contribution is -2.16.